The quantitative estimate of drug-likeness (QED) is 0.405. The van der Waals surface area contributed by atoms with Crippen molar-refractivity contribution in [1.29, 1.82) is 0 Å². The first-order chi connectivity index (χ1) is 10.5. The van der Waals surface area contributed by atoms with Crippen LogP contribution in [0.15, 0.2) is 48.5 Å². The van der Waals surface area contributed by atoms with E-state index in [1.165, 1.54) is 37.3 Å². The summed E-state index contributed by atoms with van der Waals surface area (Å²) in [6.07, 6.45) is 0. The van der Waals surface area contributed by atoms with E-state index in [0.29, 0.717) is 5.69 Å². The molecule has 0 atom stereocenters. The number of benzene rings is 2. The molecule has 0 spiro atoms. The molecule has 0 bridgehead atoms. The number of hydrogen-bond donors (Lipinski definition) is 1. The summed E-state index contributed by atoms with van der Waals surface area (Å²) < 4.78 is 5.12. The number of nitro benzene ring substituents is 1. The number of carbonyl (C=O) groups is 2. The molecule has 0 fully saturated rings. The first-order valence-electron chi connectivity index (χ1n) is 6.30. The Bertz CT molecular complexity index is 725. The number of ether oxygens (including phenoxy) is 1. The van der Waals surface area contributed by atoms with Crippen molar-refractivity contribution in [2.75, 3.05) is 5.32 Å². The standard InChI is InChI=1S/C15H12N2O5/c1-10(18)16-12-5-7-14(8-6-12)22-15(19)11-3-2-4-13(9-11)17(20)21/h2-9H,1H3,(H,16,18). The highest BCUT2D eigenvalue weighted by atomic mass is 16.6. The Morgan fingerprint density at radius 3 is 2.41 bits per heavy atom. The van der Waals surface area contributed by atoms with Crippen LogP contribution in [0.2, 0.25) is 0 Å². The molecule has 7 nitrogen and oxygen atoms in total. The number of anilines is 1. The number of non-ortho nitro benzene ring substituents is 1. The van der Waals surface area contributed by atoms with E-state index in [4.69, 9.17) is 4.74 Å². The van der Waals surface area contributed by atoms with Crippen molar-refractivity contribution in [3.63, 3.8) is 0 Å². The molecule has 0 aliphatic rings. The molecule has 0 aliphatic carbocycles. The molecular formula is C15H12N2O5. The van der Waals surface area contributed by atoms with Crippen molar-refractivity contribution in [2.45, 2.75) is 6.92 Å². The zero-order chi connectivity index (χ0) is 16.1. The van der Waals surface area contributed by atoms with Crippen LogP contribution in [0, 0.1) is 10.1 Å². The zero-order valence-electron chi connectivity index (χ0n) is 11.6. The average molecular weight is 300 g/mol. The average Bonchev–Trinajstić information content (AvgIpc) is 2.49. The minimum Gasteiger partial charge on any atom is -0.423 e. The summed E-state index contributed by atoms with van der Waals surface area (Å²) in [6.45, 7) is 1.39. The molecule has 2 rings (SSSR count). The number of hydrogen-bond acceptors (Lipinski definition) is 5. The van der Waals surface area contributed by atoms with Gasteiger partial charge in [-0.1, -0.05) is 6.07 Å². The lowest BCUT2D eigenvalue weighted by Crippen LogP contribution is -2.09. The van der Waals surface area contributed by atoms with Crippen LogP contribution in [0.4, 0.5) is 11.4 Å². The van der Waals surface area contributed by atoms with Gasteiger partial charge in [-0.3, -0.25) is 14.9 Å². The molecule has 0 unspecified atom stereocenters. The van der Waals surface area contributed by atoms with Gasteiger partial charge in [0, 0.05) is 24.7 Å². The number of nitrogens with zero attached hydrogens (tertiary/aromatic N) is 1. The van der Waals surface area contributed by atoms with Gasteiger partial charge in [-0.2, -0.15) is 0 Å². The van der Waals surface area contributed by atoms with Crippen molar-refractivity contribution < 1.29 is 19.2 Å². The largest absolute Gasteiger partial charge is 0.423 e. The Balaban J connectivity index is 2.10. The SMILES string of the molecule is CC(=O)Nc1ccc(OC(=O)c2cccc([N+](=O)[O-])c2)cc1. The topological polar surface area (TPSA) is 98.5 Å². The Morgan fingerprint density at radius 1 is 1.14 bits per heavy atom. The summed E-state index contributed by atoms with van der Waals surface area (Å²) >= 11 is 0. The summed E-state index contributed by atoms with van der Waals surface area (Å²) in [5.74, 6) is -0.636. The van der Waals surface area contributed by atoms with E-state index in [-0.39, 0.29) is 22.9 Å². The fourth-order valence-corrected chi connectivity index (χ4v) is 1.72. The second-order valence-electron chi connectivity index (χ2n) is 4.40. The summed E-state index contributed by atoms with van der Waals surface area (Å²) in [5, 5.41) is 13.3. The maximum Gasteiger partial charge on any atom is 0.343 e. The molecule has 112 valence electrons. The Labute approximate surface area is 125 Å². The van der Waals surface area contributed by atoms with Gasteiger partial charge in [-0.15, -0.1) is 0 Å². The van der Waals surface area contributed by atoms with Gasteiger partial charge in [0.1, 0.15) is 5.75 Å². The van der Waals surface area contributed by atoms with Crippen LogP contribution in [0.1, 0.15) is 17.3 Å². The van der Waals surface area contributed by atoms with Crippen molar-refractivity contribution in [3.8, 4) is 5.75 Å². The van der Waals surface area contributed by atoms with Gasteiger partial charge >= 0.3 is 5.97 Å². The molecule has 2 aromatic carbocycles. The molecule has 0 heterocycles. The molecule has 0 aromatic heterocycles. The highest BCUT2D eigenvalue weighted by Crippen LogP contribution is 2.19. The van der Waals surface area contributed by atoms with E-state index in [9.17, 15) is 19.7 Å². The zero-order valence-corrected chi connectivity index (χ0v) is 11.6. The number of nitro groups is 1. The third kappa shape index (κ3) is 3.89. The predicted molar refractivity (Wildman–Crippen MR) is 78.8 cm³/mol. The van der Waals surface area contributed by atoms with Gasteiger partial charge < -0.3 is 10.1 Å². The van der Waals surface area contributed by atoms with E-state index in [1.807, 2.05) is 0 Å². The second-order valence-corrected chi connectivity index (χ2v) is 4.40. The first kappa shape index (κ1) is 15.2. The number of rotatable bonds is 4. The third-order valence-corrected chi connectivity index (χ3v) is 2.68. The van der Waals surface area contributed by atoms with E-state index < -0.39 is 10.9 Å². The van der Waals surface area contributed by atoms with Gasteiger partial charge in [0.25, 0.3) is 5.69 Å². The van der Waals surface area contributed by atoms with Crippen LogP contribution in [0.5, 0.6) is 5.75 Å². The summed E-state index contributed by atoms with van der Waals surface area (Å²) in [7, 11) is 0. The highest BCUT2D eigenvalue weighted by Gasteiger charge is 2.13. The van der Waals surface area contributed by atoms with Gasteiger partial charge in [0.15, 0.2) is 0 Å². The normalized spacial score (nSPS) is 9.86. The molecule has 0 aliphatic heterocycles. The third-order valence-electron chi connectivity index (χ3n) is 2.68. The number of nitrogens with one attached hydrogen (secondary N) is 1. The monoisotopic (exact) mass is 300 g/mol. The Hall–Kier alpha value is -3.22. The van der Waals surface area contributed by atoms with E-state index in [1.54, 1.807) is 12.1 Å². The lowest BCUT2D eigenvalue weighted by Gasteiger charge is -2.06. The number of amides is 1. The highest BCUT2D eigenvalue weighted by molar-refractivity contribution is 5.92. The van der Waals surface area contributed by atoms with Crippen LogP contribution in [-0.2, 0) is 4.79 Å². The summed E-state index contributed by atoms with van der Waals surface area (Å²) in [5.41, 5.74) is 0.471. The maximum atomic E-state index is 11.9. The van der Waals surface area contributed by atoms with Gasteiger partial charge in [0.05, 0.1) is 10.5 Å². The van der Waals surface area contributed by atoms with Gasteiger partial charge in [0.2, 0.25) is 5.91 Å². The van der Waals surface area contributed by atoms with Gasteiger partial charge in [-0.25, -0.2) is 4.79 Å². The second kappa shape index (κ2) is 6.49. The lowest BCUT2D eigenvalue weighted by atomic mass is 10.2. The molecule has 0 saturated carbocycles. The van der Waals surface area contributed by atoms with Crippen LogP contribution in [0.25, 0.3) is 0 Å². The molecular weight excluding hydrogens is 288 g/mol. The first-order valence-corrected chi connectivity index (χ1v) is 6.30. The molecule has 22 heavy (non-hydrogen) atoms. The summed E-state index contributed by atoms with van der Waals surface area (Å²) in [6, 6.07) is 11.5. The van der Waals surface area contributed by atoms with Crippen molar-refractivity contribution in [3.05, 3.63) is 64.2 Å². The molecule has 7 heteroatoms. The molecule has 1 N–H and O–H groups in total. The molecule has 0 saturated heterocycles. The Kier molecular flexibility index (Phi) is 4.47. The van der Waals surface area contributed by atoms with Crippen molar-refractivity contribution in [1.82, 2.24) is 0 Å². The van der Waals surface area contributed by atoms with Crippen molar-refractivity contribution >= 4 is 23.3 Å². The van der Waals surface area contributed by atoms with Crippen LogP contribution >= 0.6 is 0 Å². The van der Waals surface area contributed by atoms with Gasteiger partial charge in [-0.05, 0) is 30.3 Å². The molecule has 1 amide bonds. The molecule has 2 aromatic rings. The van der Waals surface area contributed by atoms with Crippen molar-refractivity contribution in [2.24, 2.45) is 0 Å². The summed E-state index contributed by atoms with van der Waals surface area (Å²) in [4.78, 5) is 32.9. The fourth-order valence-electron chi connectivity index (χ4n) is 1.72. The van der Waals surface area contributed by atoms with Crippen LogP contribution in [0.3, 0.4) is 0 Å². The molecule has 0 radical (unpaired) electrons. The predicted octanol–water partition coefficient (Wildman–Crippen LogP) is 2.77. The smallest absolute Gasteiger partial charge is 0.343 e. The Morgan fingerprint density at radius 2 is 1.82 bits per heavy atom. The lowest BCUT2D eigenvalue weighted by molar-refractivity contribution is -0.384. The van der Waals surface area contributed by atoms with E-state index in [0.717, 1.165) is 6.07 Å². The van der Waals surface area contributed by atoms with Crippen LogP contribution < -0.4 is 10.1 Å². The van der Waals surface area contributed by atoms with E-state index in [2.05, 4.69) is 5.32 Å². The number of carbonyl (C=O) groups excluding carboxylic acids is 2. The van der Waals surface area contributed by atoms with E-state index >= 15 is 0 Å². The minimum atomic E-state index is -0.698. The maximum absolute atomic E-state index is 11.9. The van der Waals surface area contributed by atoms with Crippen LogP contribution in [-0.4, -0.2) is 16.8 Å². The number of esters is 1. The minimum absolute atomic E-state index is 0.0835. The fraction of sp³-hybridized carbons (Fsp3) is 0.0667.